The zero-order valence-corrected chi connectivity index (χ0v) is 26.6. The third-order valence-electron chi connectivity index (χ3n) is 12.0. The molecule has 1 saturated heterocycles. The van der Waals surface area contributed by atoms with Crippen LogP contribution in [0.2, 0.25) is 0 Å². The molecular weight excluding hydrogens is 546 g/mol. The van der Waals surface area contributed by atoms with Gasteiger partial charge in [-0.05, 0) is 67.6 Å². The van der Waals surface area contributed by atoms with Crippen LogP contribution in [-0.2, 0) is 30.3 Å². The first-order valence-electron chi connectivity index (χ1n) is 16.2. The highest BCUT2D eigenvalue weighted by Gasteiger charge is 2.85. The molecule has 8 nitrogen and oxygen atoms in total. The van der Waals surface area contributed by atoms with E-state index < -0.39 is 22.4 Å². The van der Waals surface area contributed by atoms with Crippen LogP contribution in [0.5, 0.6) is 5.75 Å². The smallest absolute Gasteiger partial charge is 0.317 e. The Kier molecular flexibility index (Phi) is 8.06. The highest BCUT2D eigenvalue weighted by molar-refractivity contribution is 5.91. The van der Waals surface area contributed by atoms with Crippen molar-refractivity contribution in [1.29, 1.82) is 0 Å². The van der Waals surface area contributed by atoms with Gasteiger partial charge in [0.2, 0.25) is 0 Å². The molecule has 0 spiro atoms. The van der Waals surface area contributed by atoms with Crippen LogP contribution in [0.3, 0.4) is 0 Å². The number of fused-ring (bicyclic) bond motifs is 2. The van der Waals surface area contributed by atoms with E-state index in [1.807, 2.05) is 25.1 Å². The van der Waals surface area contributed by atoms with Gasteiger partial charge in [-0.15, -0.1) is 0 Å². The predicted octanol–water partition coefficient (Wildman–Crippen LogP) is 4.99. The summed E-state index contributed by atoms with van der Waals surface area (Å²) in [4.78, 5) is 29.4. The summed E-state index contributed by atoms with van der Waals surface area (Å²) in [6.07, 6.45) is 5.84. The van der Waals surface area contributed by atoms with Crippen LogP contribution in [0.4, 0.5) is 0 Å². The first kappa shape index (κ1) is 30.8. The minimum atomic E-state index is -1.35. The Morgan fingerprint density at radius 1 is 1.19 bits per heavy atom. The van der Waals surface area contributed by atoms with Crippen molar-refractivity contribution in [3.8, 4) is 5.75 Å². The summed E-state index contributed by atoms with van der Waals surface area (Å²) >= 11 is 0. The van der Waals surface area contributed by atoms with Gasteiger partial charge in [0.15, 0.2) is 0 Å². The maximum Gasteiger partial charge on any atom is 0.317 e. The molecule has 0 aromatic heterocycles. The second-order valence-corrected chi connectivity index (χ2v) is 14.3. The molecule has 10 atom stereocenters. The predicted molar refractivity (Wildman–Crippen MR) is 162 cm³/mol. The normalized spacial score (nSPS) is 42.0. The topological polar surface area (TPSA) is 94.5 Å². The van der Waals surface area contributed by atoms with E-state index in [9.17, 15) is 14.7 Å². The number of carbonyl (C=O) groups excluding carboxylic acids is 1. The zero-order valence-electron chi connectivity index (χ0n) is 26.6. The van der Waals surface area contributed by atoms with Crippen LogP contribution in [-0.4, -0.2) is 80.1 Å². The molecule has 1 heterocycles. The Morgan fingerprint density at radius 3 is 2.65 bits per heavy atom. The van der Waals surface area contributed by atoms with E-state index in [4.69, 9.17) is 18.9 Å². The molecule has 5 aliphatic rings. The Morgan fingerprint density at radius 2 is 1.98 bits per heavy atom. The van der Waals surface area contributed by atoms with Crippen LogP contribution >= 0.6 is 0 Å². The molecule has 1 aromatic carbocycles. The number of benzene rings is 1. The molecule has 4 fully saturated rings. The fraction of sp³-hybridized carbons (Fsp3) is 0.714. The molecule has 236 valence electrons. The average Bonchev–Trinajstić information content (AvgIpc) is 3.51. The first-order valence-corrected chi connectivity index (χ1v) is 16.2. The van der Waals surface area contributed by atoms with Crippen molar-refractivity contribution in [2.45, 2.75) is 83.8 Å². The van der Waals surface area contributed by atoms with Gasteiger partial charge in [0.1, 0.15) is 17.5 Å². The molecule has 4 aliphatic carbocycles. The van der Waals surface area contributed by atoms with E-state index in [1.54, 1.807) is 14.2 Å². The van der Waals surface area contributed by atoms with Gasteiger partial charge in [0.05, 0.1) is 43.0 Å². The van der Waals surface area contributed by atoms with Gasteiger partial charge in [0, 0.05) is 32.7 Å². The summed E-state index contributed by atoms with van der Waals surface area (Å²) in [5.74, 6) is 0.620. The van der Waals surface area contributed by atoms with Gasteiger partial charge in [0.25, 0.3) is 0 Å². The Bertz CT molecular complexity index is 1260. The number of carboxylic acid groups (broad SMARTS) is 1. The lowest BCUT2D eigenvalue weighted by Crippen LogP contribution is -2.66. The molecule has 8 heteroatoms. The molecule has 3 saturated carbocycles. The standard InChI is InChI=1S/C35H49NO7/c1-21(2)30-13-25-14-33(20-37)29-11-10-22(3)28(29)15-34(25,35(30,33)32(38)39)42-19-27-17-36(18-31(41-6)23(4)43-27)16-24-8-7-9-26(12-24)40-5/h7-9,12-13,20-23,25,27-29,31H,10-11,14-19H2,1-6H3,(H,38,39)/t22-,23-,25+,27-,28-,29-,31+,33+,34+,35+/m1/s1. The van der Waals surface area contributed by atoms with Gasteiger partial charge >= 0.3 is 5.97 Å². The van der Waals surface area contributed by atoms with E-state index in [1.165, 1.54) is 0 Å². The van der Waals surface area contributed by atoms with Crippen LogP contribution < -0.4 is 4.74 Å². The molecule has 1 N–H and O–H groups in total. The van der Waals surface area contributed by atoms with Crippen LogP contribution in [0.1, 0.15) is 58.9 Å². The Hall–Kier alpha value is -2.26. The first-order chi connectivity index (χ1) is 20.6. The van der Waals surface area contributed by atoms with Crippen LogP contribution in [0, 0.1) is 40.4 Å². The second kappa shape index (κ2) is 11.3. The third-order valence-corrected chi connectivity index (χ3v) is 12.0. The summed E-state index contributed by atoms with van der Waals surface area (Å²) in [5, 5.41) is 11.3. The SMILES string of the molecule is COc1cccc(CN2C[C@H](CO[C@@]34C[C@@H]5[C@H](C)CC[C@H]5[C@@]5(C=O)C[C@@H]3C=C(C(C)C)[C@@]45C(=O)O)O[C@H](C)[C@@H](OC)C2)c1. The molecule has 1 aliphatic heterocycles. The van der Waals surface area contributed by atoms with E-state index in [0.717, 1.165) is 36.0 Å². The quantitative estimate of drug-likeness (QED) is 0.299. The summed E-state index contributed by atoms with van der Waals surface area (Å²) in [6.45, 7) is 10.7. The molecule has 0 unspecified atom stereocenters. The van der Waals surface area contributed by atoms with Gasteiger partial charge in [-0.2, -0.15) is 0 Å². The molecular formula is C35H49NO7. The van der Waals surface area contributed by atoms with Crippen LogP contribution in [0.25, 0.3) is 0 Å². The molecule has 0 radical (unpaired) electrons. The van der Waals surface area contributed by atoms with Crippen molar-refractivity contribution in [3.05, 3.63) is 41.5 Å². The molecule has 0 amide bonds. The summed E-state index contributed by atoms with van der Waals surface area (Å²) in [7, 11) is 3.39. The highest BCUT2D eigenvalue weighted by atomic mass is 16.6. The van der Waals surface area contributed by atoms with Crippen molar-refractivity contribution >= 4 is 12.3 Å². The molecule has 43 heavy (non-hydrogen) atoms. The summed E-state index contributed by atoms with van der Waals surface area (Å²) < 4.78 is 25.0. The van der Waals surface area contributed by atoms with E-state index in [2.05, 4.69) is 37.8 Å². The number of methoxy groups -OCH3 is 2. The molecule has 1 aromatic rings. The monoisotopic (exact) mass is 595 g/mol. The third kappa shape index (κ3) is 4.38. The maximum absolute atomic E-state index is 13.8. The lowest BCUT2D eigenvalue weighted by atomic mass is 9.45. The van der Waals surface area contributed by atoms with Gasteiger partial charge < -0.3 is 28.8 Å². The van der Waals surface area contributed by atoms with E-state index in [-0.39, 0.29) is 48.6 Å². The highest BCUT2D eigenvalue weighted by Crippen LogP contribution is 2.80. The number of rotatable bonds is 10. The number of ether oxygens (including phenoxy) is 4. The summed E-state index contributed by atoms with van der Waals surface area (Å²) in [6, 6.07) is 8.08. The van der Waals surface area contributed by atoms with Crippen molar-refractivity contribution < 1.29 is 33.6 Å². The van der Waals surface area contributed by atoms with Gasteiger partial charge in [-0.3, -0.25) is 9.69 Å². The summed E-state index contributed by atoms with van der Waals surface area (Å²) in [5.41, 5.74) is -1.23. The van der Waals surface area contributed by atoms with Crippen LogP contribution in [0.15, 0.2) is 35.9 Å². The lowest BCUT2D eigenvalue weighted by Gasteiger charge is -2.58. The van der Waals surface area contributed by atoms with Crippen molar-refractivity contribution in [3.63, 3.8) is 0 Å². The second-order valence-electron chi connectivity index (χ2n) is 14.3. The van der Waals surface area contributed by atoms with E-state index in [0.29, 0.717) is 38.4 Å². The van der Waals surface area contributed by atoms with E-state index >= 15 is 0 Å². The number of aliphatic carboxylic acids is 1. The van der Waals surface area contributed by atoms with Gasteiger partial charge in [-0.1, -0.05) is 51.0 Å². The van der Waals surface area contributed by atoms with Gasteiger partial charge in [-0.25, -0.2) is 0 Å². The van der Waals surface area contributed by atoms with Crippen molar-refractivity contribution in [2.75, 3.05) is 33.9 Å². The zero-order chi connectivity index (χ0) is 30.7. The molecule has 6 rings (SSSR count). The molecule has 4 bridgehead atoms. The minimum absolute atomic E-state index is 0.00838. The maximum atomic E-state index is 13.8. The average molecular weight is 596 g/mol. The lowest BCUT2D eigenvalue weighted by molar-refractivity contribution is -0.218. The largest absolute Gasteiger partial charge is 0.497 e. The number of hydrogen-bond donors (Lipinski definition) is 1. The number of aldehydes is 1. The fourth-order valence-electron chi connectivity index (χ4n) is 10.3. The fourth-order valence-corrected chi connectivity index (χ4v) is 10.3. The minimum Gasteiger partial charge on any atom is -0.497 e. The number of hydrogen-bond acceptors (Lipinski definition) is 7. The Balaban J connectivity index is 1.33. The number of carbonyl (C=O) groups is 2. The van der Waals surface area contributed by atoms with Crippen molar-refractivity contribution in [1.82, 2.24) is 4.90 Å². The number of nitrogens with zero attached hydrogens (tertiary/aromatic N) is 1. The number of carboxylic acids is 1. The van der Waals surface area contributed by atoms with Crippen molar-refractivity contribution in [2.24, 2.45) is 40.4 Å². The Labute approximate surface area is 256 Å².